The predicted molar refractivity (Wildman–Crippen MR) is 109 cm³/mol. The Balaban J connectivity index is 1.46. The highest BCUT2D eigenvalue weighted by Gasteiger charge is 2.42. The number of aromatic nitrogens is 1. The van der Waals surface area contributed by atoms with Crippen LogP contribution in [-0.4, -0.2) is 22.5 Å². The van der Waals surface area contributed by atoms with Crippen molar-refractivity contribution in [2.24, 2.45) is 0 Å². The maximum atomic E-state index is 12.8. The average molecular weight is 413 g/mol. The highest BCUT2D eigenvalue weighted by molar-refractivity contribution is 7.15. The molecule has 1 aliphatic rings. The molecule has 1 N–H and O–H groups in total. The Morgan fingerprint density at radius 3 is 2.79 bits per heavy atom. The monoisotopic (exact) mass is 412 g/mol. The number of nitrogens with zero attached hydrogens (tertiary/aromatic N) is 1. The van der Waals surface area contributed by atoms with Crippen LogP contribution in [0.1, 0.15) is 33.3 Å². The molecule has 5 nitrogen and oxygen atoms in total. The predicted octanol–water partition coefficient (Wildman–Crippen LogP) is 4.50. The number of fused-ring (bicyclic) bond motifs is 1. The molecule has 0 radical (unpaired) electrons. The van der Waals surface area contributed by atoms with Gasteiger partial charge in [-0.2, -0.15) is 0 Å². The van der Waals surface area contributed by atoms with Gasteiger partial charge in [0, 0.05) is 28.9 Å². The van der Waals surface area contributed by atoms with E-state index in [1.165, 1.54) is 11.3 Å². The smallest absolute Gasteiger partial charge is 0.339 e. The van der Waals surface area contributed by atoms with Crippen LogP contribution in [0.5, 0.6) is 0 Å². The summed E-state index contributed by atoms with van der Waals surface area (Å²) in [5.74, 6) is -0.871. The first-order chi connectivity index (χ1) is 13.4. The Bertz CT molecular complexity index is 1050. The number of hydrogen-bond acceptors (Lipinski definition) is 5. The first kappa shape index (κ1) is 18.7. The van der Waals surface area contributed by atoms with Gasteiger partial charge in [-0.1, -0.05) is 41.9 Å². The van der Waals surface area contributed by atoms with Crippen LogP contribution in [0.15, 0.2) is 54.7 Å². The number of halogens is 1. The molecule has 0 bridgehead atoms. The topological polar surface area (TPSA) is 68.3 Å². The molecule has 142 valence electrons. The molecular weight excluding hydrogens is 396 g/mol. The third-order valence-corrected chi connectivity index (χ3v) is 5.79. The fraction of sp³-hybridized carbons (Fsp3) is 0.190. The SMILES string of the molecule is C[C@@]1(C(=O)Nc2ncc(Cc3ccc(Cl)cc3)s2)Cc2ccccc2C(=O)O1. The molecule has 1 aliphatic heterocycles. The van der Waals surface area contributed by atoms with Gasteiger partial charge in [-0.05, 0) is 36.2 Å². The van der Waals surface area contributed by atoms with Crippen molar-refractivity contribution >= 4 is 39.9 Å². The Labute approximate surface area is 171 Å². The fourth-order valence-corrected chi connectivity index (χ4v) is 4.11. The quantitative estimate of drug-likeness (QED) is 0.641. The molecule has 1 amide bonds. The van der Waals surface area contributed by atoms with Crippen molar-refractivity contribution in [1.82, 2.24) is 4.98 Å². The second-order valence-electron chi connectivity index (χ2n) is 6.84. The number of benzene rings is 2. The van der Waals surface area contributed by atoms with Gasteiger partial charge in [-0.15, -0.1) is 11.3 Å². The Hall–Kier alpha value is -2.70. The molecule has 0 fully saturated rings. The zero-order valence-corrected chi connectivity index (χ0v) is 16.6. The molecule has 0 saturated carbocycles. The Kier molecular flexibility index (Phi) is 4.91. The van der Waals surface area contributed by atoms with Gasteiger partial charge in [0.05, 0.1) is 5.56 Å². The van der Waals surface area contributed by atoms with Crippen LogP contribution < -0.4 is 5.32 Å². The van der Waals surface area contributed by atoms with Crippen molar-refractivity contribution in [1.29, 1.82) is 0 Å². The van der Waals surface area contributed by atoms with E-state index in [2.05, 4.69) is 10.3 Å². The van der Waals surface area contributed by atoms with E-state index >= 15 is 0 Å². The van der Waals surface area contributed by atoms with Crippen molar-refractivity contribution in [3.63, 3.8) is 0 Å². The summed E-state index contributed by atoms with van der Waals surface area (Å²) in [5.41, 5.74) is 1.15. The number of hydrogen-bond donors (Lipinski definition) is 1. The van der Waals surface area contributed by atoms with Gasteiger partial charge in [0.2, 0.25) is 0 Å². The van der Waals surface area contributed by atoms with E-state index in [1.54, 1.807) is 25.3 Å². The summed E-state index contributed by atoms with van der Waals surface area (Å²) < 4.78 is 5.46. The summed E-state index contributed by atoms with van der Waals surface area (Å²) in [7, 11) is 0. The summed E-state index contributed by atoms with van der Waals surface area (Å²) in [4.78, 5) is 30.4. The molecule has 0 unspecified atom stereocenters. The maximum Gasteiger partial charge on any atom is 0.339 e. The lowest BCUT2D eigenvalue weighted by atomic mass is 9.89. The van der Waals surface area contributed by atoms with Gasteiger partial charge >= 0.3 is 5.97 Å². The second-order valence-corrected chi connectivity index (χ2v) is 8.40. The molecule has 2 heterocycles. The lowest BCUT2D eigenvalue weighted by molar-refractivity contribution is -0.134. The molecule has 3 aromatic rings. The summed E-state index contributed by atoms with van der Waals surface area (Å²) >= 11 is 7.30. The molecule has 1 atom stereocenters. The lowest BCUT2D eigenvalue weighted by Gasteiger charge is -2.32. The van der Waals surface area contributed by atoms with Crippen molar-refractivity contribution in [2.75, 3.05) is 5.32 Å². The van der Waals surface area contributed by atoms with Gasteiger partial charge in [-0.3, -0.25) is 10.1 Å². The lowest BCUT2D eigenvalue weighted by Crippen LogP contribution is -2.48. The minimum atomic E-state index is -1.27. The third-order valence-electron chi connectivity index (χ3n) is 4.63. The van der Waals surface area contributed by atoms with Crippen LogP contribution in [0.3, 0.4) is 0 Å². The van der Waals surface area contributed by atoms with Crippen LogP contribution in [0, 0.1) is 0 Å². The summed E-state index contributed by atoms with van der Waals surface area (Å²) in [6.45, 7) is 1.62. The number of carbonyl (C=O) groups excluding carboxylic acids is 2. The molecule has 28 heavy (non-hydrogen) atoms. The van der Waals surface area contributed by atoms with Gasteiger partial charge in [0.1, 0.15) is 0 Å². The number of anilines is 1. The first-order valence-electron chi connectivity index (χ1n) is 8.75. The van der Waals surface area contributed by atoms with Gasteiger partial charge in [0.15, 0.2) is 10.7 Å². The molecule has 4 rings (SSSR count). The minimum Gasteiger partial charge on any atom is -0.445 e. The molecular formula is C21H17ClN2O3S. The van der Waals surface area contributed by atoms with Crippen LogP contribution in [0.2, 0.25) is 5.02 Å². The van der Waals surface area contributed by atoms with Crippen LogP contribution in [0.4, 0.5) is 5.13 Å². The third kappa shape index (κ3) is 3.79. The normalized spacial score (nSPS) is 18.3. The van der Waals surface area contributed by atoms with Crippen molar-refractivity contribution in [2.45, 2.75) is 25.4 Å². The number of nitrogens with one attached hydrogen (secondary N) is 1. The van der Waals surface area contributed by atoms with E-state index in [0.29, 0.717) is 28.6 Å². The highest BCUT2D eigenvalue weighted by Crippen LogP contribution is 2.30. The van der Waals surface area contributed by atoms with E-state index in [0.717, 1.165) is 16.0 Å². The van der Waals surface area contributed by atoms with Crippen molar-refractivity contribution < 1.29 is 14.3 Å². The number of amides is 1. The number of carbonyl (C=O) groups is 2. The highest BCUT2D eigenvalue weighted by atomic mass is 35.5. The minimum absolute atomic E-state index is 0.323. The number of rotatable bonds is 4. The van der Waals surface area contributed by atoms with Gasteiger partial charge < -0.3 is 4.74 Å². The van der Waals surface area contributed by atoms with Gasteiger partial charge in [0.25, 0.3) is 5.91 Å². The zero-order valence-electron chi connectivity index (χ0n) is 15.1. The molecule has 0 saturated heterocycles. The van der Waals surface area contributed by atoms with Crippen LogP contribution in [0.25, 0.3) is 0 Å². The van der Waals surface area contributed by atoms with Crippen molar-refractivity contribution in [3.05, 3.63) is 81.3 Å². The molecule has 0 aliphatic carbocycles. The second kappa shape index (κ2) is 7.37. The number of ether oxygens (including phenoxy) is 1. The Morgan fingerprint density at radius 1 is 1.25 bits per heavy atom. The molecule has 2 aromatic carbocycles. The van der Waals surface area contributed by atoms with E-state index in [-0.39, 0.29) is 5.91 Å². The fourth-order valence-electron chi connectivity index (χ4n) is 3.14. The number of thiazole rings is 1. The Morgan fingerprint density at radius 2 is 2.00 bits per heavy atom. The summed E-state index contributed by atoms with van der Waals surface area (Å²) in [5, 5.41) is 3.96. The largest absolute Gasteiger partial charge is 0.445 e. The van der Waals surface area contributed by atoms with Crippen molar-refractivity contribution in [3.8, 4) is 0 Å². The maximum absolute atomic E-state index is 12.8. The van der Waals surface area contributed by atoms with Gasteiger partial charge in [-0.25, -0.2) is 9.78 Å². The van der Waals surface area contributed by atoms with Crippen LogP contribution >= 0.6 is 22.9 Å². The van der Waals surface area contributed by atoms with E-state index in [4.69, 9.17) is 16.3 Å². The summed E-state index contributed by atoms with van der Waals surface area (Å²) in [6.07, 6.45) is 2.76. The standard InChI is InChI=1S/C21H17ClN2O3S/c1-21(11-14-4-2-3-5-17(14)18(25)27-21)19(26)24-20-23-12-16(28-20)10-13-6-8-15(22)9-7-13/h2-9,12H,10-11H2,1H3,(H,23,24,26)/t21-/m0/s1. The van der Waals surface area contributed by atoms with E-state index < -0.39 is 11.6 Å². The van der Waals surface area contributed by atoms with E-state index in [1.807, 2.05) is 36.4 Å². The number of cyclic esters (lactones) is 1. The van der Waals surface area contributed by atoms with E-state index in [9.17, 15) is 9.59 Å². The zero-order chi connectivity index (χ0) is 19.7. The molecule has 1 aromatic heterocycles. The molecule has 0 spiro atoms. The number of esters is 1. The van der Waals surface area contributed by atoms with Crippen LogP contribution in [-0.2, 0) is 22.4 Å². The molecule has 7 heteroatoms. The average Bonchev–Trinajstić information content (AvgIpc) is 3.10. The first-order valence-corrected chi connectivity index (χ1v) is 9.94. The summed E-state index contributed by atoms with van der Waals surface area (Å²) in [6, 6.07) is 14.8.